The van der Waals surface area contributed by atoms with Crippen LogP contribution in [0.15, 0.2) is 65.9 Å². The highest BCUT2D eigenvalue weighted by molar-refractivity contribution is 5.86. The normalized spacial score (nSPS) is 11.6. The lowest BCUT2D eigenvalue weighted by molar-refractivity contribution is 0.415. The minimum atomic E-state index is 0.371. The van der Waals surface area contributed by atoms with Crippen LogP contribution in [0.3, 0.4) is 0 Å². The van der Waals surface area contributed by atoms with Crippen molar-refractivity contribution in [1.82, 2.24) is 14.4 Å². The van der Waals surface area contributed by atoms with E-state index in [1.807, 2.05) is 53.9 Å². The van der Waals surface area contributed by atoms with Crippen molar-refractivity contribution in [3.8, 4) is 28.3 Å². The second-order valence-corrected chi connectivity index (χ2v) is 6.91. The van der Waals surface area contributed by atoms with Gasteiger partial charge in [0.05, 0.1) is 24.2 Å². The second kappa shape index (κ2) is 7.83. The zero-order chi connectivity index (χ0) is 21.3. The van der Waals surface area contributed by atoms with E-state index in [0.29, 0.717) is 11.5 Å². The van der Waals surface area contributed by atoms with E-state index in [-0.39, 0.29) is 0 Å². The lowest BCUT2D eigenvalue weighted by Crippen LogP contribution is -2.04. The monoisotopic (exact) mass is 397 g/mol. The molecule has 0 spiro atoms. The van der Waals surface area contributed by atoms with Gasteiger partial charge in [-0.1, -0.05) is 24.3 Å². The summed E-state index contributed by atoms with van der Waals surface area (Å²) in [7, 11) is 1.65. The Balaban J connectivity index is 2.06. The van der Waals surface area contributed by atoms with Gasteiger partial charge >= 0.3 is 0 Å². The van der Waals surface area contributed by atoms with Crippen molar-refractivity contribution in [1.29, 1.82) is 0 Å². The van der Waals surface area contributed by atoms with Gasteiger partial charge in [-0.2, -0.15) is 0 Å². The average Bonchev–Trinajstić information content (AvgIpc) is 3.28. The molecule has 0 unspecified atom stereocenters. The molecule has 0 radical (unpaired) electrons. The van der Waals surface area contributed by atoms with E-state index in [0.717, 1.165) is 45.1 Å². The molecule has 0 aliphatic rings. The number of nitrogens with two attached hydrogens (primary N) is 1. The zero-order valence-corrected chi connectivity index (χ0v) is 17.3. The minimum Gasteiger partial charge on any atom is -0.497 e. The Bertz CT molecular complexity index is 1290. The van der Waals surface area contributed by atoms with E-state index in [1.165, 1.54) is 0 Å². The smallest absolute Gasteiger partial charge is 0.180 e. The quantitative estimate of drug-likeness (QED) is 0.457. The van der Waals surface area contributed by atoms with Crippen molar-refractivity contribution in [3.63, 3.8) is 0 Å². The standard InChI is InChI=1S/C24H23N5O/c1-5-15(2)19-14-17(9-10-20(19)26-3)22-21(16-7-6-8-18(13-16)30-4)28-23(25)24-27-11-12-29(22)24/h5-14H,3H2,1-2,4H3,(H2,25,28)/b15-5-. The van der Waals surface area contributed by atoms with Crippen LogP contribution in [0, 0.1) is 0 Å². The summed E-state index contributed by atoms with van der Waals surface area (Å²) < 4.78 is 7.39. The Kier molecular flexibility index (Phi) is 5.06. The number of nitrogens with zero attached hydrogens (tertiary/aromatic N) is 4. The molecule has 2 aromatic carbocycles. The number of aromatic nitrogens is 3. The highest BCUT2D eigenvalue weighted by Gasteiger charge is 2.18. The maximum Gasteiger partial charge on any atom is 0.180 e. The first kappa shape index (κ1) is 19.4. The van der Waals surface area contributed by atoms with Crippen LogP contribution >= 0.6 is 0 Å². The number of methoxy groups -OCH3 is 1. The van der Waals surface area contributed by atoms with E-state index in [4.69, 9.17) is 15.5 Å². The van der Waals surface area contributed by atoms with Crippen molar-refractivity contribution in [2.45, 2.75) is 13.8 Å². The van der Waals surface area contributed by atoms with Crippen molar-refractivity contribution >= 4 is 29.4 Å². The number of aliphatic imine (C=N–C) groups is 1. The molecule has 30 heavy (non-hydrogen) atoms. The van der Waals surface area contributed by atoms with Crippen LogP contribution in [0.25, 0.3) is 33.7 Å². The Hall–Kier alpha value is -3.93. The Morgan fingerprint density at radius 2 is 2.03 bits per heavy atom. The third kappa shape index (κ3) is 3.22. The molecule has 6 nitrogen and oxygen atoms in total. The molecule has 4 aromatic rings. The van der Waals surface area contributed by atoms with E-state index in [1.54, 1.807) is 13.3 Å². The predicted octanol–water partition coefficient (Wildman–Crippen LogP) is 5.41. The lowest BCUT2D eigenvalue weighted by atomic mass is 9.97. The van der Waals surface area contributed by atoms with Gasteiger partial charge in [-0.25, -0.2) is 9.97 Å². The summed E-state index contributed by atoms with van der Waals surface area (Å²) in [6, 6.07) is 13.9. The van der Waals surface area contributed by atoms with Crippen LogP contribution in [0.2, 0.25) is 0 Å². The first-order valence-corrected chi connectivity index (χ1v) is 9.58. The van der Waals surface area contributed by atoms with Gasteiger partial charge in [0.25, 0.3) is 0 Å². The summed E-state index contributed by atoms with van der Waals surface area (Å²) in [5, 5.41) is 0. The van der Waals surface area contributed by atoms with Crippen LogP contribution < -0.4 is 10.5 Å². The Morgan fingerprint density at radius 1 is 1.20 bits per heavy atom. The maximum atomic E-state index is 6.24. The number of anilines is 1. The number of hydrogen-bond donors (Lipinski definition) is 1. The molecule has 0 aliphatic heterocycles. The topological polar surface area (TPSA) is 77.8 Å². The van der Waals surface area contributed by atoms with Crippen molar-refractivity contribution < 1.29 is 4.74 Å². The molecule has 0 atom stereocenters. The predicted molar refractivity (Wildman–Crippen MR) is 123 cm³/mol. The number of rotatable bonds is 5. The zero-order valence-electron chi connectivity index (χ0n) is 17.3. The van der Waals surface area contributed by atoms with Crippen molar-refractivity contribution in [2.75, 3.05) is 12.8 Å². The summed E-state index contributed by atoms with van der Waals surface area (Å²) in [6.45, 7) is 7.78. The van der Waals surface area contributed by atoms with E-state index in [2.05, 4.69) is 35.8 Å². The molecule has 4 rings (SSSR count). The lowest BCUT2D eigenvalue weighted by Gasteiger charge is -2.16. The largest absolute Gasteiger partial charge is 0.497 e. The number of hydrogen-bond acceptors (Lipinski definition) is 5. The van der Waals surface area contributed by atoms with E-state index < -0.39 is 0 Å². The number of ether oxygens (including phenoxy) is 1. The number of allylic oxidation sites excluding steroid dienone is 2. The highest BCUT2D eigenvalue weighted by Crippen LogP contribution is 2.37. The first-order valence-electron chi connectivity index (χ1n) is 9.58. The average molecular weight is 397 g/mol. The van der Waals surface area contributed by atoms with Crippen LogP contribution in [0.1, 0.15) is 19.4 Å². The van der Waals surface area contributed by atoms with Gasteiger partial charge in [0.2, 0.25) is 0 Å². The molecule has 0 saturated carbocycles. The van der Waals surface area contributed by atoms with E-state index >= 15 is 0 Å². The fraction of sp³-hybridized carbons (Fsp3) is 0.125. The minimum absolute atomic E-state index is 0.371. The highest BCUT2D eigenvalue weighted by atomic mass is 16.5. The molecule has 0 bridgehead atoms. The second-order valence-electron chi connectivity index (χ2n) is 6.91. The molecule has 0 amide bonds. The molecule has 6 heteroatoms. The molecule has 2 aromatic heterocycles. The van der Waals surface area contributed by atoms with Gasteiger partial charge in [0.1, 0.15) is 5.75 Å². The molecule has 0 aliphatic carbocycles. The summed E-state index contributed by atoms with van der Waals surface area (Å²) in [6.07, 6.45) is 5.68. The molecular formula is C24H23N5O. The van der Waals surface area contributed by atoms with Gasteiger partial charge in [0, 0.05) is 29.1 Å². The fourth-order valence-corrected chi connectivity index (χ4v) is 3.55. The van der Waals surface area contributed by atoms with Crippen LogP contribution in [-0.4, -0.2) is 28.2 Å². The number of nitrogen functional groups attached to an aromatic ring is 1. The summed E-state index contributed by atoms with van der Waals surface area (Å²) >= 11 is 0. The summed E-state index contributed by atoms with van der Waals surface area (Å²) in [5.74, 6) is 1.12. The van der Waals surface area contributed by atoms with Crippen molar-refractivity contribution in [2.24, 2.45) is 4.99 Å². The molecule has 2 N–H and O–H groups in total. The fourth-order valence-electron chi connectivity index (χ4n) is 3.55. The number of benzene rings is 2. The van der Waals surface area contributed by atoms with Gasteiger partial charge in [0.15, 0.2) is 11.5 Å². The summed E-state index contributed by atoms with van der Waals surface area (Å²) in [5.41, 5.74) is 13.4. The van der Waals surface area contributed by atoms with Crippen molar-refractivity contribution in [3.05, 3.63) is 66.5 Å². The number of fused-ring (bicyclic) bond motifs is 1. The van der Waals surface area contributed by atoms with Gasteiger partial charge < -0.3 is 10.5 Å². The number of imidazole rings is 1. The van der Waals surface area contributed by atoms with Crippen LogP contribution in [-0.2, 0) is 0 Å². The SMILES string of the molecule is C=Nc1ccc(-c2c(-c3cccc(OC)c3)nc(N)c3nccn23)cc1/C(C)=C\C. The maximum absolute atomic E-state index is 6.24. The Morgan fingerprint density at radius 3 is 2.77 bits per heavy atom. The van der Waals surface area contributed by atoms with Crippen LogP contribution in [0.5, 0.6) is 5.75 Å². The van der Waals surface area contributed by atoms with Gasteiger partial charge in [-0.05, 0) is 50.4 Å². The van der Waals surface area contributed by atoms with E-state index in [9.17, 15) is 0 Å². The molecule has 150 valence electrons. The molecule has 0 saturated heterocycles. The first-order chi connectivity index (χ1) is 14.6. The third-order valence-corrected chi connectivity index (χ3v) is 5.21. The Labute approximate surface area is 175 Å². The van der Waals surface area contributed by atoms with Gasteiger partial charge in [-0.15, -0.1) is 0 Å². The molecule has 0 fully saturated rings. The summed E-state index contributed by atoms with van der Waals surface area (Å²) in [4.78, 5) is 13.3. The molecule has 2 heterocycles. The molecular weight excluding hydrogens is 374 g/mol. The van der Waals surface area contributed by atoms with Gasteiger partial charge in [-0.3, -0.25) is 9.39 Å². The third-order valence-electron chi connectivity index (χ3n) is 5.21. The van der Waals surface area contributed by atoms with Crippen LogP contribution in [0.4, 0.5) is 11.5 Å².